The Morgan fingerprint density at radius 2 is 2.05 bits per heavy atom. The van der Waals surface area contributed by atoms with E-state index in [-0.39, 0.29) is 6.42 Å². The van der Waals surface area contributed by atoms with Crippen LogP contribution in [0.5, 0.6) is 0 Å². The van der Waals surface area contributed by atoms with Crippen LogP contribution in [-0.4, -0.2) is 51.4 Å². The van der Waals surface area contributed by atoms with Gasteiger partial charge in [0.2, 0.25) is 5.91 Å². The van der Waals surface area contributed by atoms with Crippen LogP contribution in [0.2, 0.25) is 0 Å². The second kappa shape index (κ2) is 5.60. The number of nitrogens with one attached hydrogen (secondary N) is 1. The van der Waals surface area contributed by atoms with Gasteiger partial charge in [-0.15, -0.1) is 0 Å². The van der Waals surface area contributed by atoms with Gasteiger partial charge in [-0.25, -0.2) is 10.3 Å². The zero-order valence-corrected chi connectivity index (χ0v) is 12.0. The summed E-state index contributed by atoms with van der Waals surface area (Å²) in [5.41, 5.74) is 1.29. The molecule has 6 atom stereocenters. The summed E-state index contributed by atoms with van der Waals surface area (Å²) in [6, 6.07) is 9.01. The van der Waals surface area contributed by atoms with Crippen molar-refractivity contribution in [1.29, 1.82) is 0 Å². The third-order valence-corrected chi connectivity index (χ3v) is 4.35. The molecule has 3 rings (SSSR count). The van der Waals surface area contributed by atoms with E-state index < -0.39 is 42.0 Å². The van der Waals surface area contributed by atoms with E-state index in [0.29, 0.717) is 0 Å². The Morgan fingerprint density at radius 3 is 2.68 bits per heavy atom. The van der Waals surface area contributed by atoms with Crippen LogP contribution in [0.4, 0.5) is 0 Å². The van der Waals surface area contributed by atoms with Crippen molar-refractivity contribution in [3.05, 3.63) is 35.9 Å². The first-order valence-corrected chi connectivity index (χ1v) is 7.15. The van der Waals surface area contributed by atoms with Gasteiger partial charge < -0.3 is 20.1 Å². The standard InChI is InChI=1S/C15H19NO6/c1-8(17)16-22-11-7-10(18)15(20)12(13(19)14(15)21-11)9-5-3-2-4-6-9/h2-6,10-14,18-20H,7H2,1H3,(H,16,17)/t10-,11+,12?,13?,14-,15-/m1/s1. The molecule has 1 aromatic rings. The van der Waals surface area contributed by atoms with Crippen LogP contribution in [0.15, 0.2) is 30.3 Å². The molecule has 7 nitrogen and oxygen atoms in total. The summed E-state index contributed by atoms with van der Waals surface area (Å²) < 4.78 is 5.48. The number of rotatable bonds is 3. The van der Waals surface area contributed by atoms with Gasteiger partial charge in [-0.05, 0) is 5.56 Å². The number of fused-ring (bicyclic) bond motifs is 1. The summed E-state index contributed by atoms with van der Waals surface area (Å²) in [5, 5.41) is 31.4. The first kappa shape index (κ1) is 15.4. The lowest BCUT2D eigenvalue weighted by molar-refractivity contribution is -0.365. The van der Waals surface area contributed by atoms with Gasteiger partial charge in [0.25, 0.3) is 0 Å². The highest BCUT2D eigenvalue weighted by molar-refractivity contribution is 5.71. The van der Waals surface area contributed by atoms with Crippen LogP contribution < -0.4 is 5.48 Å². The molecule has 2 unspecified atom stereocenters. The van der Waals surface area contributed by atoms with Crippen LogP contribution >= 0.6 is 0 Å². The molecule has 7 heteroatoms. The highest BCUT2D eigenvalue weighted by atomic mass is 16.8. The van der Waals surface area contributed by atoms with Crippen molar-refractivity contribution < 1.29 is 29.7 Å². The van der Waals surface area contributed by atoms with E-state index in [0.717, 1.165) is 5.56 Å². The third-order valence-electron chi connectivity index (χ3n) is 4.35. The topological polar surface area (TPSA) is 108 Å². The lowest BCUT2D eigenvalue weighted by atomic mass is 9.57. The quantitative estimate of drug-likeness (QED) is 0.556. The molecule has 0 bridgehead atoms. The second-order valence-corrected chi connectivity index (χ2v) is 5.78. The van der Waals surface area contributed by atoms with Crippen molar-refractivity contribution in [3.63, 3.8) is 0 Å². The monoisotopic (exact) mass is 309 g/mol. The van der Waals surface area contributed by atoms with Crippen molar-refractivity contribution in [3.8, 4) is 0 Å². The zero-order chi connectivity index (χ0) is 15.9. The van der Waals surface area contributed by atoms with Gasteiger partial charge in [0.15, 0.2) is 6.29 Å². The number of hydroxylamine groups is 1. The smallest absolute Gasteiger partial charge is 0.240 e. The number of ether oxygens (including phenoxy) is 1. The summed E-state index contributed by atoms with van der Waals surface area (Å²) in [6.45, 7) is 1.28. The largest absolute Gasteiger partial charge is 0.390 e. The van der Waals surface area contributed by atoms with E-state index in [9.17, 15) is 20.1 Å². The second-order valence-electron chi connectivity index (χ2n) is 5.78. The predicted octanol–water partition coefficient (Wildman–Crippen LogP) is -0.581. The number of aliphatic hydroxyl groups is 3. The zero-order valence-electron chi connectivity index (χ0n) is 12.0. The average Bonchev–Trinajstić information content (AvgIpc) is 2.49. The first-order chi connectivity index (χ1) is 10.4. The van der Waals surface area contributed by atoms with E-state index in [1.807, 2.05) is 6.07 Å². The van der Waals surface area contributed by atoms with Gasteiger partial charge in [-0.3, -0.25) is 4.79 Å². The molecule has 22 heavy (non-hydrogen) atoms. The third kappa shape index (κ3) is 2.31. The summed E-state index contributed by atoms with van der Waals surface area (Å²) in [6.07, 6.45) is -4.01. The van der Waals surface area contributed by atoms with E-state index >= 15 is 0 Å². The number of carbonyl (C=O) groups is 1. The summed E-state index contributed by atoms with van der Waals surface area (Å²) in [7, 11) is 0. The minimum absolute atomic E-state index is 0.0106. The van der Waals surface area contributed by atoms with Gasteiger partial charge in [0.1, 0.15) is 11.7 Å². The minimum atomic E-state index is -1.57. The number of benzene rings is 1. The van der Waals surface area contributed by atoms with Crippen molar-refractivity contribution >= 4 is 5.91 Å². The first-order valence-electron chi connectivity index (χ1n) is 7.15. The molecule has 0 aromatic heterocycles. The maximum atomic E-state index is 10.8. The maximum Gasteiger partial charge on any atom is 0.240 e. The highest BCUT2D eigenvalue weighted by Gasteiger charge is 2.68. The minimum Gasteiger partial charge on any atom is -0.390 e. The summed E-state index contributed by atoms with van der Waals surface area (Å²) in [5.74, 6) is -1.04. The SMILES string of the molecule is CC(=O)NO[C@H]1C[C@@H](O)[C@@]2(O)C(c3ccccc3)C(O)[C@H]2O1. The number of aliphatic hydroxyl groups excluding tert-OH is 2. The van der Waals surface area contributed by atoms with Gasteiger partial charge in [0.05, 0.1) is 12.2 Å². The van der Waals surface area contributed by atoms with Crippen molar-refractivity contribution in [2.75, 3.05) is 0 Å². The maximum absolute atomic E-state index is 10.8. The number of hydrogen-bond donors (Lipinski definition) is 4. The number of amides is 1. The predicted molar refractivity (Wildman–Crippen MR) is 74.3 cm³/mol. The molecular weight excluding hydrogens is 290 g/mol. The molecule has 1 heterocycles. The Hall–Kier alpha value is -1.51. The lowest BCUT2D eigenvalue weighted by Crippen LogP contribution is -2.77. The molecule has 2 fully saturated rings. The number of carbonyl (C=O) groups excluding carboxylic acids is 1. The molecule has 0 spiro atoms. The molecule has 0 radical (unpaired) electrons. The molecule has 1 aliphatic carbocycles. The van der Waals surface area contributed by atoms with Gasteiger partial charge in [-0.2, -0.15) is 0 Å². The fourth-order valence-corrected chi connectivity index (χ4v) is 3.31. The average molecular weight is 309 g/mol. The van der Waals surface area contributed by atoms with Crippen LogP contribution in [0.3, 0.4) is 0 Å². The van der Waals surface area contributed by atoms with Gasteiger partial charge >= 0.3 is 0 Å². The van der Waals surface area contributed by atoms with E-state index in [4.69, 9.17) is 9.57 Å². The molecular formula is C15H19NO6. The Balaban J connectivity index is 1.76. The Kier molecular flexibility index (Phi) is 3.92. The van der Waals surface area contributed by atoms with Crippen LogP contribution in [0.1, 0.15) is 24.8 Å². The molecule has 1 saturated heterocycles. The molecule has 1 saturated carbocycles. The van der Waals surface area contributed by atoms with Crippen molar-refractivity contribution in [2.24, 2.45) is 0 Å². The van der Waals surface area contributed by atoms with Gasteiger partial charge in [0, 0.05) is 19.3 Å². The Labute approximate surface area is 127 Å². The lowest BCUT2D eigenvalue weighted by Gasteiger charge is -2.60. The normalized spacial score (nSPS) is 40.5. The van der Waals surface area contributed by atoms with Crippen molar-refractivity contribution in [1.82, 2.24) is 5.48 Å². The highest BCUT2D eigenvalue weighted by Crippen LogP contribution is 2.53. The summed E-state index contributed by atoms with van der Waals surface area (Å²) >= 11 is 0. The van der Waals surface area contributed by atoms with Crippen LogP contribution in [0.25, 0.3) is 0 Å². The molecule has 120 valence electrons. The fourth-order valence-electron chi connectivity index (χ4n) is 3.31. The molecule has 4 N–H and O–H groups in total. The molecule has 1 aliphatic heterocycles. The number of hydrogen-bond acceptors (Lipinski definition) is 6. The molecule has 2 aliphatic rings. The summed E-state index contributed by atoms with van der Waals surface area (Å²) in [4.78, 5) is 15.8. The molecule has 1 amide bonds. The Bertz CT molecular complexity index is 552. The van der Waals surface area contributed by atoms with E-state index in [1.165, 1.54) is 6.92 Å². The molecule has 1 aromatic carbocycles. The van der Waals surface area contributed by atoms with Crippen LogP contribution in [-0.2, 0) is 14.4 Å². The van der Waals surface area contributed by atoms with Crippen molar-refractivity contribution in [2.45, 2.75) is 49.5 Å². The fraction of sp³-hybridized carbons (Fsp3) is 0.533. The van der Waals surface area contributed by atoms with Crippen LogP contribution in [0, 0.1) is 0 Å². The van der Waals surface area contributed by atoms with Gasteiger partial charge in [-0.1, -0.05) is 30.3 Å². The van der Waals surface area contributed by atoms with E-state index in [1.54, 1.807) is 24.3 Å². The van der Waals surface area contributed by atoms with E-state index in [2.05, 4.69) is 5.48 Å². The Morgan fingerprint density at radius 1 is 1.36 bits per heavy atom.